The summed E-state index contributed by atoms with van der Waals surface area (Å²) in [5.74, 6) is -3.09. The molecule has 13 heteroatoms. The van der Waals surface area contributed by atoms with Gasteiger partial charge in [0.25, 0.3) is 0 Å². The highest BCUT2D eigenvalue weighted by atomic mass is 35.5. The molecule has 2 aliphatic heterocycles. The number of amides is 2. The van der Waals surface area contributed by atoms with Crippen molar-refractivity contribution < 1.29 is 33.4 Å². The molecule has 2 aromatic carbocycles. The molecule has 2 N–H and O–H groups in total. The third-order valence-corrected chi connectivity index (χ3v) is 7.99. The number of hydrazone groups is 1. The number of benzene rings is 2. The van der Waals surface area contributed by atoms with Crippen LogP contribution >= 0.6 is 23.2 Å². The third-order valence-electron chi connectivity index (χ3n) is 7.15. The average Bonchev–Trinajstić information content (AvgIpc) is 2.98. The van der Waals surface area contributed by atoms with E-state index in [0.29, 0.717) is 35.6 Å². The van der Waals surface area contributed by atoms with E-state index >= 15 is 0 Å². The number of carbonyl (C=O) groups is 4. The molecule has 0 radical (unpaired) electrons. The Morgan fingerprint density at radius 1 is 1.14 bits per heavy atom. The van der Waals surface area contributed by atoms with Gasteiger partial charge >= 0.3 is 11.9 Å². The number of hydrogen-bond acceptors (Lipinski definition) is 9. The number of methoxy groups -OCH3 is 1. The van der Waals surface area contributed by atoms with E-state index in [9.17, 15) is 19.2 Å². The lowest BCUT2D eigenvalue weighted by Gasteiger charge is -2.32. The highest BCUT2D eigenvalue weighted by Crippen LogP contribution is 2.44. The number of aliphatic imine (C=N–C) groups is 1. The van der Waals surface area contributed by atoms with Gasteiger partial charge in [-0.05, 0) is 55.3 Å². The molecule has 2 amide bonds. The van der Waals surface area contributed by atoms with Crippen LogP contribution in [-0.4, -0.2) is 49.0 Å². The Bertz CT molecular complexity index is 1580. The van der Waals surface area contributed by atoms with Crippen LogP contribution in [-0.2, 0) is 28.7 Å². The first-order valence-electron chi connectivity index (χ1n) is 13.5. The van der Waals surface area contributed by atoms with Crippen molar-refractivity contribution in [2.24, 2.45) is 21.9 Å². The lowest BCUT2D eigenvalue weighted by molar-refractivity contribution is -0.145. The predicted octanol–water partition coefficient (Wildman–Crippen LogP) is 4.68. The maximum Gasteiger partial charge on any atom is 0.338 e. The van der Waals surface area contributed by atoms with Crippen LogP contribution in [0.3, 0.4) is 0 Å². The molecule has 0 saturated heterocycles. The predicted molar refractivity (Wildman–Crippen MR) is 164 cm³/mol. The summed E-state index contributed by atoms with van der Waals surface area (Å²) in [5, 5.41) is 6.95. The topological polar surface area (TPSA) is 145 Å². The number of rotatable bonds is 10. The molecule has 2 heterocycles. The summed E-state index contributed by atoms with van der Waals surface area (Å²) < 4.78 is 16.3. The Kier molecular flexibility index (Phi) is 10.6. The number of carbonyl (C=O) groups excluding carboxylic acids is 4. The Hall–Kier alpha value is -4.48. The lowest BCUT2D eigenvalue weighted by Crippen LogP contribution is -2.38. The Labute approximate surface area is 263 Å². The normalized spacial score (nSPS) is 20.7. The van der Waals surface area contributed by atoms with Crippen molar-refractivity contribution in [3.05, 3.63) is 87.2 Å². The standard InChI is InChI=1S/C31H30Cl2N4O7/c1-16-14-23(39)36-37-29(16)19-8-10-20(11-9-19)43-13-12-24(34-15-38)44-31(41)26-18(3)35-17(2)25(30(40)42-4)27(26)21-6-5-7-22(32)28(21)33/h5-13,15-16,24-25,27H,14H2,1-4H3,(H,34,38)(H,36,39). The van der Waals surface area contributed by atoms with Crippen LogP contribution in [0.5, 0.6) is 5.75 Å². The number of nitrogens with zero attached hydrogens (tertiary/aromatic N) is 2. The summed E-state index contributed by atoms with van der Waals surface area (Å²) in [6, 6.07) is 11.9. The van der Waals surface area contributed by atoms with Crippen molar-refractivity contribution in [1.29, 1.82) is 0 Å². The first-order valence-corrected chi connectivity index (χ1v) is 14.3. The summed E-state index contributed by atoms with van der Waals surface area (Å²) in [5.41, 5.74) is 5.26. The molecule has 0 fully saturated rings. The summed E-state index contributed by atoms with van der Waals surface area (Å²) in [6.07, 6.45) is 2.07. The van der Waals surface area contributed by atoms with Gasteiger partial charge in [-0.25, -0.2) is 10.2 Å². The molecule has 4 atom stereocenters. The minimum Gasteiger partial charge on any atom is -0.468 e. The minimum absolute atomic E-state index is 0.0322. The Morgan fingerprint density at radius 3 is 2.52 bits per heavy atom. The van der Waals surface area contributed by atoms with Crippen LogP contribution < -0.4 is 15.5 Å². The van der Waals surface area contributed by atoms with Gasteiger partial charge in [-0.1, -0.05) is 42.3 Å². The largest absolute Gasteiger partial charge is 0.468 e. The first kappa shape index (κ1) is 32.4. The second kappa shape index (κ2) is 14.3. The van der Waals surface area contributed by atoms with E-state index < -0.39 is 30.0 Å². The van der Waals surface area contributed by atoms with Crippen molar-refractivity contribution >= 4 is 58.9 Å². The molecule has 230 valence electrons. The van der Waals surface area contributed by atoms with Crippen LogP contribution in [0.2, 0.25) is 10.0 Å². The van der Waals surface area contributed by atoms with Crippen molar-refractivity contribution in [3.8, 4) is 5.75 Å². The highest BCUT2D eigenvalue weighted by Gasteiger charge is 2.43. The van der Waals surface area contributed by atoms with Gasteiger partial charge in [0.2, 0.25) is 12.3 Å². The monoisotopic (exact) mass is 640 g/mol. The smallest absolute Gasteiger partial charge is 0.338 e. The number of esters is 2. The maximum atomic E-state index is 13.7. The molecular formula is C31H30Cl2N4O7. The number of halogens is 2. The van der Waals surface area contributed by atoms with Gasteiger partial charge in [0.1, 0.15) is 11.7 Å². The third kappa shape index (κ3) is 7.17. The quantitative estimate of drug-likeness (QED) is 0.166. The molecule has 4 rings (SSSR count). The van der Waals surface area contributed by atoms with Crippen molar-refractivity contribution in [3.63, 3.8) is 0 Å². The van der Waals surface area contributed by atoms with E-state index in [0.717, 1.165) is 11.3 Å². The SMILES string of the molecule is COC(=O)C1C(C)=NC(C)=C(C(=O)OC(C=COc2ccc(C3=NNC(=O)CC3C)cc2)NC=O)C1c1cccc(Cl)c1Cl. The summed E-state index contributed by atoms with van der Waals surface area (Å²) >= 11 is 12.8. The molecule has 2 aliphatic rings. The van der Waals surface area contributed by atoms with Crippen molar-refractivity contribution in [1.82, 2.24) is 10.7 Å². The van der Waals surface area contributed by atoms with Gasteiger partial charge in [0.15, 0.2) is 6.23 Å². The van der Waals surface area contributed by atoms with Crippen LogP contribution in [0.15, 0.2) is 76.2 Å². The van der Waals surface area contributed by atoms with Crippen LogP contribution in [0.4, 0.5) is 0 Å². The molecule has 0 saturated carbocycles. The summed E-state index contributed by atoms with van der Waals surface area (Å²) in [4.78, 5) is 53.9. The zero-order valence-corrected chi connectivity index (χ0v) is 25.8. The van der Waals surface area contributed by atoms with Crippen molar-refractivity contribution in [2.75, 3.05) is 7.11 Å². The molecule has 44 heavy (non-hydrogen) atoms. The van der Waals surface area contributed by atoms with Crippen LogP contribution in [0.25, 0.3) is 0 Å². The highest BCUT2D eigenvalue weighted by molar-refractivity contribution is 6.42. The van der Waals surface area contributed by atoms with Crippen LogP contribution in [0.1, 0.15) is 44.2 Å². The van der Waals surface area contributed by atoms with Gasteiger partial charge in [-0.15, -0.1) is 0 Å². The molecule has 0 aromatic heterocycles. The first-order chi connectivity index (χ1) is 21.0. The zero-order valence-electron chi connectivity index (χ0n) is 24.3. The van der Waals surface area contributed by atoms with Gasteiger partial charge < -0.3 is 19.5 Å². The second-order valence-electron chi connectivity index (χ2n) is 10.1. The fourth-order valence-electron chi connectivity index (χ4n) is 5.10. The second-order valence-corrected chi connectivity index (χ2v) is 10.9. The van der Waals surface area contributed by atoms with E-state index in [-0.39, 0.29) is 27.4 Å². The van der Waals surface area contributed by atoms with Crippen molar-refractivity contribution in [2.45, 2.75) is 39.3 Å². The fourth-order valence-corrected chi connectivity index (χ4v) is 5.53. The van der Waals surface area contributed by atoms with E-state index in [1.54, 1.807) is 56.3 Å². The number of nitrogens with one attached hydrogen (secondary N) is 2. The number of hydrogen-bond donors (Lipinski definition) is 2. The number of ether oxygens (including phenoxy) is 3. The maximum absolute atomic E-state index is 13.7. The van der Waals surface area contributed by atoms with E-state index in [2.05, 4.69) is 20.8 Å². The molecular weight excluding hydrogens is 611 g/mol. The van der Waals surface area contributed by atoms with Gasteiger partial charge in [-0.3, -0.25) is 19.4 Å². The lowest BCUT2D eigenvalue weighted by atomic mass is 9.75. The Balaban J connectivity index is 1.55. The van der Waals surface area contributed by atoms with Gasteiger partial charge in [0, 0.05) is 35.7 Å². The van der Waals surface area contributed by atoms with E-state index in [4.69, 9.17) is 37.4 Å². The molecule has 0 aliphatic carbocycles. The summed E-state index contributed by atoms with van der Waals surface area (Å²) in [6.45, 7) is 5.19. The van der Waals surface area contributed by atoms with Gasteiger partial charge in [0.05, 0.1) is 34.7 Å². The molecule has 0 spiro atoms. The van der Waals surface area contributed by atoms with E-state index in [1.807, 2.05) is 6.92 Å². The molecule has 0 bridgehead atoms. The van der Waals surface area contributed by atoms with Gasteiger partial charge in [-0.2, -0.15) is 5.10 Å². The molecule has 4 unspecified atom stereocenters. The molecule has 2 aromatic rings. The van der Waals surface area contributed by atoms with Crippen LogP contribution in [0, 0.1) is 11.8 Å². The Morgan fingerprint density at radius 2 is 1.86 bits per heavy atom. The average molecular weight is 642 g/mol. The summed E-state index contributed by atoms with van der Waals surface area (Å²) in [7, 11) is 1.24. The molecule has 11 nitrogen and oxygen atoms in total. The number of allylic oxidation sites excluding steroid dienone is 1. The fraction of sp³-hybridized carbons (Fsp3) is 0.290. The van der Waals surface area contributed by atoms with E-state index in [1.165, 1.54) is 19.4 Å². The minimum atomic E-state index is -1.24. The zero-order chi connectivity index (χ0) is 32.0.